The molecule has 0 atom stereocenters. The van der Waals surface area contributed by atoms with Crippen LogP contribution in [-0.4, -0.2) is 89.8 Å². The molecule has 4 heterocycles. The molecule has 3 aromatic rings. The van der Waals surface area contributed by atoms with Crippen molar-refractivity contribution in [3.63, 3.8) is 0 Å². The second-order valence-corrected chi connectivity index (χ2v) is 8.85. The molecule has 0 spiro atoms. The lowest BCUT2D eigenvalue weighted by atomic mass is 10.1. The lowest BCUT2D eigenvalue weighted by Gasteiger charge is -2.37. The van der Waals surface area contributed by atoms with E-state index >= 15 is 0 Å². The second kappa shape index (κ2) is 10.7. The first-order valence-corrected chi connectivity index (χ1v) is 11.7. The fourth-order valence-electron chi connectivity index (χ4n) is 4.26. The van der Waals surface area contributed by atoms with Crippen molar-refractivity contribution in [1.82, 2.24) is 25.5 Å². The Morgan fingerprint density at radius 2 is 1.61 bits per heavy atom. The van der Waals surface area contributed by atoms with Gasteiger partial charge in [0, 0.05) is 63.1 Å². The maximum absolute atomic E-state index is 10.6. The number of aromatic amines is 1. The van der Waals surface area contributed by atoms with Gasteiger partial charge < -0.3 is 25.1 Å². The molecule has 0 unspecified atom stereocenters. The number of nitrogens with one attached hydrogen (secondary N) is 2. The second-order valence-electron chi connectivity index (χ2n) is 8.41. The highest BCUT2D eigenvalue weighted by Crippen LogP contribution is 2.32. The summed E-state index contributed by atoms with van der Waals surface area (Å²) in [6.07, 6.45) is -3.45. The third kappa shape index (κ3) is 5.73. The van der Waals surface area contributed by atoms with Crippen LogP contribution >= 0.6 is 11.6 Å². The number of hydrogen-bond acceptors (Lipinski definition) is 8. The van der Waals surface area contributed by atoms with Gasteiger partial charge in [0.15, 0.2) is 11.5 Å². The van der Waals surface area contributed by atoms with Crippen molar-refractivity contribution in [3.05, 3.63) is 35.1 Å². The van der Waals surface area contributed by atoms with Gasteiger partial charge >= 0.3 is 12.1 Å². The summed E-state index contributed by atoms with van der Waals surface area (Å²) in [6, 6.07) is 6.10. The molecular formula is C22H26ClF3N8O2. The lowest BCUT2D eigenvalue weighted by Crippen LogP contribution is -2.47. The number of aryl methyl sites for hydroxylation is 1. The molecule has 3 N–H and O–H groups in total. The van der Waals surface area contributed by atoms with Gasteiger partial charge in [-0.1, -0.05) is 17.7 Å². The first-order valence-electron chi connectivity index (χ1n) is 11.4. The van der Waals surface area contributed by atoms with Crippen LogP contribution in [0.5, 0.6) is 0 Å². The van der Waals surface area contributed by atoms with Crippen LogP contribution in [0.1, 0.15) is 5.56 Å². The quantitative estimate of drug-likeness (QED) is 0.474. The van der Waals surface area contributed by atoms with E-state index < -0.39 is 12.1 Å². The molecule has 0 saturated carbocycles. The summed E-state index contributed by atoms with van der Waals surface area (Å²) in [5.41, 5.74) is 3.27. The van der Waals surface area contributed by atoms with Gasteiger partial charge in [-0.25, -0.2) is 14.8 Å². The van der Waals surface area contributed by atoms with E-state index in [0.717, 1.165) is 80.0 Å². The molecule has 0 aliphatic carbocycles. The maximum Gasteiger partial charge on any atom is 0.490 e. The van der Waals surface area contributed by atoms with Gasteiger partial charge in [0.1, 0.15) is 17.5 Å². The Labute approximate surface area is 210 Å². The molecule has 2 fully saturated rings. The largest absolute Gasteiger partial charge is 0.490 e. The number of alkyl halides is 3. The van der Waals surface area contributed by atoms with Crippen molar-refractivity contribution in [2.24, 2.45) is 0 Å². The number of hydrogen-bond donors (Lipinski definition) is 3. The topological polar surface area (TPSA) is 114 Å². The zero-order valence-corrected chi connectivity index (χ0v) is 20.3. The molecule has 1 aromatic carbocycles. The first kappa shape index (κ1) is 25.8. The highest BCUT2D eigenvalue weighted by atomic mass is 35.5. The predicted molar refractivity (Wildman–Crippen MR) is 131 cm³/mol. The summed E-state index contributed by atoms with van der Waals surface area (Å²) >= 11 is 6.23. The lowest BCUT2D eigenvalue weighted by molar-refractivity contribution is -0.192. The molecule has 0 radical (unpaired) electrons. The highest BCUT2D eigenvalue weighted by Gasteiger charge is 2.38. The van der Waals surface area contributed by atoms with Crippen molar-refractivity contribution in [2.75, 3.05) is 67.1 Å². The predicted octanol–water partition coefficient (Wildman–Crippen LogP) is 2.68. The molecule has 5 rings (SSSR count). The minimum absolute atomic E-state index is 0.782. The highest BCUT2D eigenvalue weighted by molar-refractivity contribution is 6.30. The Balaban J connectivity index is 0.000000384. The Bertz CT molecular complexity index is 1210. The van der Waals surface area contributed by atoms with Crippen molar-refractivity contribution >= 4 is 45.9 Å². The van der Waals surface area contributed by atoms with Crippen molar-refractivity contribution < 1.29 is 23.1 Å². The minimum atomic E-state index is -5.08. The average molecular weight is 527 g/mol. The summed E-state index contributed by atoms with van der Waals surface area (Å²) < 4.78 is 31.7. The molecule has 194 valence electrons. The molecular weight excluding hydrogens is 501 g/mol. The van der Waals surface area contributed by atoms with Gasteiger partial charge in [-0.2, -0.15) is 18.3 Å². The third-order valence-electron chi connectivity index (χ3n) is 6.07. The van der Waals surface area contributed by atoms with Gasteiger partial charge in [0.2, 0.25) is 0 Å². The van der Waals surface area contributed by atoms with Crippen LogP contribution in [0.2, 0.25) is 5.02 Å². The van der Waals surface area contributed by atoms with E-state index in [1.165, 1.54) is 11.3 Å². The van der Waals surface area contributed by atoms with Crippen LogP contribution < -0.4 is 20.0 Å². The monoisotopic (exact) mass is 526 g/mol. The number of aliphatic carboxylic acids is 1. The number of benzene rings is 1. The van der Waals surface area contributed by atoms with Crippen molar-refractivity contribution in [2.45, 2.75) is 13.1 Å². The molecule has 2 aliphatic heterocycles. The smallest absolute Gasteiger partial charge is 0.475 e. The molecule has 14 heteroatoms. The van der Waals surface area contributed by atoms with Gasteiger partial charge in [0.25, 0.3) is 0 Å². The van der Waals surface area contributed by atoms with Crippen LogP contribution in [0.15, 0.2) is 24.5 Å². The Morgan fingerprint density at radius 3 is 2.25 bits per heavy atom. The number of piperazine rings is 2. The number of H-pyrrole nitrogens is 1. The van der Waals surface area contributed by atoms with E-state index in [9.17, 15) is 13.2 Å². The van der Waals surface area contributed by atoms with Crippen LogP contribution in [-0.2, 0) is 4.79 Å². The summed E-state index contributed by atoms with van der Waals surface area (Å²) in [5, 5.41) is 20.0. The molecule has 36 heavy (non-hydrogen) atoms. The average Bonchev–Trinajstić information content (AvgIpc) is 3.30. The standard InChI is InChI=1S/C20H25ClN8.C2HF3O2/c1-14-2-3-15(21)12-16(14)27-8-10-29(11-9-27)19-17-18(23-13-24-19)25-26-20(17)28-6-4-22-5-7-28;3-2(4,5)1(6)7/h2-3,12-13,22H,4-11H2,1H3,(H,23,24,25,26);(H,6,7). The van der Waals surface area contributed by atoms with Crippen LogP contribution in [0.3, 0.4) is 0 Å². The molecule has 0 amide bonds. The summed E-state index contributed by atoms with van der Waals surface area (Å²) in [5.74, 6) is -0.822. The maximum atomic E-state index is 10.6. The molecule has 0 bridgehead atoms. The molecule has 2 aliphatic rings. The van der Waals surface area contributed by atoms with E-state index in [1.54, 1.807) is 6.33 Å². The van der Waals surface area contributed by atoms with Crippen molar-refractivity contribution in [3.8, 4) is 0 Å². The van der Waals surface area contributed by atoms with E-state index in [-0.39, 0.29) is 0 Å². The number of fused-ring (bicyclic) bond motifs is 1. The number of aromatic nitrogens is 4. The number of carboxylic acid groups (broad SMARTS) is 1. The van der Waals surface area contributed by atoms with Crippen LogP contribution in [0.4, 0.5) is 30.5 Å². The number of carboxylic acids is 1. The van der Waals surface area contributed by atoms with Gasteiger partial charge in [0.05, 0.1) is 0 Å². The summed E-state index contributed by atoms with van der Waals surface area (Å²) in [7, 11) is 0. The van der Waals surface area contributed by atoms with Gasteiger partial charge in [-0.15, -0.1) is 0 Å². The number of carbonyl (C=O) groups is 1. The van der Waals surface area contributed by atoms with Gasteiger partial charge in [-0.05, 0) is 24.6 Å². The van der Waals surface area contributed by atoms with E-state index in [2.05, 4.69) is 59.2 Å². The third-order valence-corrected chi connectivity index (χ3v) is 6.30. The Morgan fingerprint density at radius 1 is 1.00 bits per heavy atom. The molecule has 2 saturated heterocycles. The molecule has 10 nitrogen and oxygen atoms in total. The summed E-state index contributed by atoms with van der Waals surface area (Å²) in [4.78, 5) is 25.0. The first-order chi connectivity index (χ1) is 17.1. The zero-order chi connectivity index (χ0) is 25.9. The normalized spacial score (nSPS) is 16.6. The van der Waals surface area contributed by atoms with E-state index in [4.69, 9.17) is 21.5 Å². The Kier molecular flexibility index (Phi) is 7.69. The molecule has 2 aromatic heterocycles. The zero-order valence-electron chi connectivity index (χ0n) is 19.5. The van der Waals surface area contributed by atoms with E-state index in [1.807, 2.05) is 6.07 Å². The number of anilines is 3. The fraction of sp³-hybridized carbons (Fsp3) is 0.455. The summed E-state index contributed by atoms with van der Waals surface area (Å²) in [6.45, 7) is 9.59. The van der Waals surface area contributed by atoms with Gasteiger partial charge in [-0.3, -0.25) is 5.10 Å². The minimum Gasteiger partial charge on any atom is -0.475 e. The van der Waals surface area contributed by atoms with Crippen molar-refractivity contribution in [1.29, 1.82) is 0 Å². The SMILES string of the molecule is Cc1ccc(Cl)cc1N1CCN(c2ncnc3[nH]nc(N4CCNCC4)c23)CC1.O=C(O)C(F)(F)F. The van der Waals surface area contributed by atoms with Crippen LogP contribution in [0.25, 0.3) is 11.0 Å². The van der Waals surface area contributed by atoms with Crippen LogP contribution in [0, 0.1) is 6.92 Å². The Hall–Kier alpha value is -3.32. The number of rotatable bonds is 3. The number of nitrogens with zero attached hydrogens (tertiary/aromatic N) is 6. The van der Waals surface area contributed by atoms with E-state index in [0.29, 0.717) is 0 Å². The fourth-order valence-corrected chi connectivity index (χ4v) is 4.42. The number of halogens is 4.